The van der Waals surface area contributed by atoms with E-state index in [0.717, 1.165) is 27.3 Å². The fourth-order valence-electron chi connectivity index (χ4n) is 10.6. The second-order valence-electron chi connectivity index (χ2n) is 15.5. The monoisotopic (exact) mass is 708 g/mol. The number of hydrogen-bond donors (Lipinski definition) is 0. The molecule has 0 N–H and O–H groups in total. The van der Waals surface area contributed by atoms with Crippen LogP contribution in [0.3, 0.4) is 0 Å². The standard InChI is InChI=1S/C55H32O/c1-2-14-35-30-37(25-24-33(35)12-1)46-31-36-15-4-5-16-40(36)53-52(46)44-28-27-38(32-49(44)55(53)47-21-9-7-18-42(47)43-19-8-10-22-48(43)55)39-20-11-23-50-51(39)45-29-26-34-13-3-6-17-41(34)54(45)56-50/h1-32H. The molecule has 2 aliphatic carbocycles. The van der Waals surface area contributed by atoms with Gasteiger partial charge >= 0.3 is 0 Å². The molecule has 0 fully saturated rings. The molecule has 1 heterocycles. The average molecular weight is 709 g/mol. The van der Waals surface area contributed by atoms with Gasteiger partial charge in [-0.2, -0.15) is 0 Å². The lowest BCUT2D eigenvalue weighted by atomic mass is 9.69. The van der Waals surface area contributed by atoms with Gasteiger partial charge in [-0.05, 0) is 124 Å². The van der Waals surface area contributed by atoms with Crippen LogP contribution >= 0.6 is 0 Å². The van der Waals surface area contributed by atoms with Crippen LogP contribution in [0.2, 0.25) is 0 Å². The minimum absolute atomic E-state index is 0.525. The van der Waals surface area contributed by atoms with E-state index in [9.17, 15) is 0 Å². The molecule has 0 saturated carbocycles. The second-order valence-corrected chi connectivity index (χ2v) is 15.5. The van der Waals surface area contributed by atoms with E-state index >= 15 is 0 Å². The quantitative estimate of drug-likeness (QED) is 0.174. The van der Waals surface area contributed by atoms with Crippen LogP contribution in [0.1, 0.15) is 22.3 Å². The molecule has 56 heavy (non-hydrogen) atoms. The van der Waals surface area contributed by atoms with E-state index in [1.165, 1.54) is 93.7 Å². The summed E-state index contributed by atoms with van der Waals surface area (Å²) < 4.78 is 6.70. The Labute approximate surface area is 323 Å². The molecule has 1 nitrogen and oxygen atoms in total. The van der Waals surface area contributed by atoms with Gasteiger partial charge in [0.1, 0.15) is 11.2 Å². The van der Waals surface area contributed by atoms with Gasteiger partial charge in [-0.15, -0.1) is 0 Å². The summed E-state index contributed by atoms with van der Waals surface area (Å²) in [5.74, 6) is 0. The molecule has 0 aliphatic heterocycles. The van der Waals surface area contributed by atoms with Crippen molar-refractivity contribution in [2.24, 2.45) is 0 Å². The molecule has 1 heteroatoms. The Kier molecular flexibility index (Phi) is 5.89. The highest BCUT2D eigenvalue weighted by molar-refractivity contribution is 6.19. The summed E-state index contributed by atoms with van der Waals surface area (Å²) in [6, 6.07) is 72.2. The van der Waals surface area contributed by atoms with Crippen molar-refractivity contribution in [3.8, 4) is 44.5 Å². The van der Waals surface area contributed by atoms with Crippen LogP contribution in [0, 0.1) is 0 Å². The van der Waals surface area contributed by atoms with Gasteiger partial charge in [0.25, 0.3) is 0 Å². The predicted molar refractivity (Wildman–Crippen MR) is 233 cm³/mol. The number of benzene rings is 10. The number of fused-ring (bicyclic) bond motifs is 18. The van der Waals surface area contributed by atoms with Crippen molar-refractivity contribution in [2.45, 2.75) is 5.41 Å². The molecular formula is C55H32O. The molecule has 0 unspecified atom stereocenters. The molecule has 0 radical (unpaired) electrons. The van der Waals surface area contributed by atoms with Gasteiger partial charge in [-0.3, -0.25) is 0 Å². The van der Waals surface area contributed by atoms with Crippen molar-refractivity contribution in [3.63, 3.8) is 0 Å². The summed E-state index contributed by atoms with van der Waals surface area (Å²) in [6.07, 6.45) is 0. The minimum Gasteiger partial charge on any atom is -0.455 e. The van der Waals surface area contributed by atoms with Crippen molar-refractivity contribution in [1.82, 2.24) is 0 Å². The molecule has 10 aromatic carbocycles. The number of rotatable bonds is 2. The summed E-state index contributed by atoms with van der Waals surface area (Å²) >= 11 is 0. The molecule has 11 aromatic rings. The van der Waals surface area contributed by atoms with Crippen LogP contribution in [-0.2, 0) is 5.41 Å². The van der Waals surface area contributed by atoms with Gasteiger partial charge in [0.2, 0.25) is 0 Å². The highest BCUT2D eigenvalue weighted by Gasteiger charge is 2.53. The van der Waals surface area contributed by atoms with Crippen molar-refractivity contribution < 1.29 is 4.42 Å². The Hall–Kier alpha value is -7.22. The Bertz CT molecular complexity index is 3440. The molecule has 2 aliphatic rings. The third-order valence-corrected chi connectivity index (χ3v) is 12.8. The first kappa shape index (κ1) is 30.1. The largest absolute Gasteiger partial charge is 0.455 e. The van der Waals surface area contributed by atoms with E-state index < -0.39 is 5.41 Å². The van der Waals surface area contributed by atoms with Crippen LogP contribution < -0.4 is 0 Å². The Morgan fingerprint density at radius 2 is 0.964 bits per heavy atom. The highest BCUT2D eigenvalue weighted by Crippen LogP contribution is 2.66. The predicted octanol–water partition coefficient (Wildman–Crippen LogP) is 14.7. The fourth-order valence-corrected chi connectivity index (χ4v) is 10.6. The van der Waals surface area contributed by atoms with E-state index in [4.69, 9.17) is 4.42 Å². The first-order chi connectivity index (χ1) is 27.8. The van der Waals surface area contributed by atoms with Crippen LogP contribution in [0.5, 0.6) is 0 Å². The van der Waals surface area contributed by atoms with E-state index in [2.05, 4.69) is 194 Å². The van der Waals surface area contributed by atoms with Gasteiger partial charge in [-0.1, -0.05) is 164 Å². The molecule has 0 atom stereocenters. The van der Waals surface area contributed by atoms with Crippen molar-refractivity contribution in [3.05, 3.63) is 216 Å². The maximum atomic E-state index is 6.70. The van der Waals surface area contributed by atoms with E-state index in [1.807, 2.05) is 0 Å². The third kappa shape index (κ3) is 3.79. The van der Waals surface area contributed by atoms with Gasteiger partial charge < -0.3 is 4.42 Å². The lowest BCUT2D eigenvalue weighted by Crippen LogP contribution is -2.26. The summed E-state index contributed by atoms with van der Waals surface area (Å²) in [6.45, 7) is 0. The smallest absolute Gasteiger partial charge is 0.143 e. The zero-order chi connectivity index (χ0) is 36.5. The van der Waals surface area contributed by atoms with Gasteiger partial charge in [0.15, 0.2) is 0 Å². The lowest BCUT2D eigenvalue weighted by molar-refractivity contribution is 0.673. The molecule has 1 aromatic heterocycles. The molecule has 0 bridgehead atoms. The first-order valence-electron chi connectivity index (χ1n) is 19.5. The Morgan fingerprint density at radius 3 is 1.79 bits per heavy atom. The lowest BCUT2D eigenvalue weighted by Gasteiger charge is -2.32. The first-order valence-corrected chi connectivity index (χ1v) is 19.5. The topological polar surface area (TPSA) is 13.1 Å². The normalized spacial score (nSPS) is 13.5. The van der Waals surface area contributed by atoms with Crippen LogP contribution in [-0.4, -0.2) is 0 Å². The average Bonchev–Trinajstić information content (AvgIpc) is 3.90. The SMILES string of the molecule is c1ccc2c(c1)-c1ccccc1C21c2cc(-c3cccc4oc5c6ccccc6ccc5c34)ccc2-c2c(-c3ccc4ccccc4c3)cc3ccccc3c21. The molecular weight excluding hydrogens is 677 g/mol. The van der Waals surface area contributed by atoms with Crippen molar-refractivity contribution in [2.75, 3.05) is 0 Å². The summed E-state index contributed by atoms with van der Waals surface area (Å²) in [5, 5.41) is 9.69. The number of furan rings is 1. The Balaban J connectivity index is 1.18. The maximum Gasteiger partial charge on any atom is 0.143 e. The minimum atomic E-state index is -0.525. The fraction of sp³-hybridized carbons (Fsp3) is 0.0182. The molecule has 1 spiro atoms. The molecule has 0 amide bonds. The molecule has 0 saturated heterocycles. The number of hydrogen-bond acceptors (Lipinski definition) is 1. The van der Waals surface area contributed by atoms with E-state index in [1.54, 1.807) is 0 Å². The van der Waals surface area contributed by atoms with Crippen LogP contribution in [0.4, 0.5) is 0 Å². The van der Waals surface area contributed by atoms with Crippen LogP contribution in [0.15, 0.2) is 199 Å². The van der Waals surface area contributed by atoms with Gasteiger partial charge in [0.05, 0.1) is 5.41 Å². The highest BCUT2D eigenvalue weighted by atomic mass is 16.3. The summed E-state index contributed by atoms with van der Waals surface area (Å²) in [7, 11) is 0. The van der Waals surface area contributed by atoms with Crippen molar-refractivity contribution >= 4 is 54.3 Å². The third-order valence-electron chi connectivity index (χ3n) is 12.8. The van der Waals surface area contributed by atoms with Gasteiger partial charge in [0, 0.05) is 16.2 Å². The van der Waals surface area contributed by atoms with Crippen LogP contribution in [0.25, 0.3) is 98.8 Å². The summed E-state index contributed by atoms with van der Waals surface area (Å²) in [5.41, 5.74) is 16.8. The second kappa shape index (κ2) is 10.9. The molecule has 258 valence electrons. The Morgan fingerprint density at radius 1 is 0.339 bits per heavy atom. The zero-order valence-electron chi connectivity index (χ0n) is 30.4. The summed E-state index contributed by atoms with van der Waals surface area (Å²) in [4.78, 5) is 0. The molecule has 13 rings (SSSR count). The maximum absolute atomic E-state index is 6.70. The zero-order valence-corrected chi connectivity index (χ0v) is 30.4. The van der Waals surface area contributed by atoms with Crippen molar-refractivity contribution in [1.29, 1.82) is 0 Å². The van der Waals surface area contributed by atoms with E-state index in [-0.39, 0.29) is 0 Å². The van der Waals surface area contributed by atoms with E-state index in [0.29, 0.717) is 0 Å². The van der Waals surface area contributed by atoms with Gasteiger partial charge in [-0.25, -0.2) is 0 Å².